The van der Waals surface area contributed by atoms with Gasteiger partial charge in [-0.15, -0.1) is 0 Å². The lowest BCUT2D eigenvalue weighted by atomic mass is 10.2. The molecule has 0 aliphatic carbocycles. The van der Waals surface area contributed by atoms with Gasteiger partial charge in [0.1, 0.15) is 11.6 Å². The standard InChI is InChI=1S/C19H20N2O3/c22-18(23)9-5-2-6-12-24-15-10-11-16-17(13-15)21-19(20-16)14-7-3-1-4-8-14/h1,3-4,7-8,10-11,13H,2,5-6,9,12H2,(H,20,21)(H,22,23). The van der Waals surface area contributed by atoms with E-state index in [9.17, 15) is 4.79 Å². The quantitative estimate of drug-likeness (QED) is 0.607. The van der Waals surface area contributed by atoms with Crippen LogP contribution in [0.1, 0.15) is 25.7 Å². The number of benzene rings is 2. The zero-order valence-electron chi connectivity index (χ0n) is 13.4. The lowest BCUT2D eigenvalue weighted by Crippen LogP contribution is -1.99. The molecule has 0 aliphatic rings. The van der Waals surface area contributed by atoms with E-state index >= 15 is 0 Å². The summed E-state index contributed by atoms with van der Waals surface area (Å²) in [5, 5.41) is 8.59. The highest BCUT2D eigenvalue weighted by atomic mass is 16.5. The third kappa shape index (κ3) is 4.13. The molecule has 0 saturated heterocycles. The van der Waals surface area contributed by atoms with Crippen LogP contribution in [-0.2, 0) is 4.79 Å². The largest absolute Gasteiger partial charge is 0.494 e. The van der Waals surface area contributed by atoms with Crippen molar-refractivity contribution < 1.29 is 14.6 Å². The Labute approximate surface area is 140 Å². The van der Waals surface area contributed by atoms with Crippen molar-refractivity contribution in [3.8, 4) is 17.1 Å². The zero-order valence-corrected chi connectivity index (χ0v) is 13.4. The Kier molecular flexibility index (Phi) is 5.11. The Morgan fingerprint density at radius 3 is 2.71 bits per heavy atom. The molecule has 2 aromatic carbocycles. The van der Waals surface area contributed by atoms with Gasteiger partial charge in [-0.3, -0.25) is 4.79 Å². The van der Waals surface area contributed by atoms with Crippen LogP contribution < -0.4 is 4.74 Å². The summed E-state index contributed by atoms with van der Waals surface area (Å²) in [6.07, 6.45) is 2.63. The first-order valence-corrected chi connectivity index (χ1v) is 8.12. The molecule has 24 heavy (non-hydrogen) atoms. The second kappa shape index (κ2) is 7.64. The van der Waals surface area contributed by atoms with Gasteiger partial charge < -0.3 is 14.8 Å². The van der Waals surface area contributed by atoms with Gasteiger partial charge in [0.25, 0.3) is 0 Å². The number of fused-ring (bicyclic) bond motifs is 1. The number of hydrogen-bond donors (Lipinski definition) is 2. The molecule has 0 radical (unpaired) electrons. The molecule has 0 atom stereocenters. The maximum absolute atomic E-state index is 10.4. The van der Waals surface area contributed by atoms with E-state index in [4.69, 9.17) is 9.84 Å². The van der Waals surface area contributed by atoms with Crippen LogP contribution >= 0.6 is 0 Å². The van der Waals surface area contributed by atoms with Crippen LogP contribution in [-0.4, -0.2) is 27.7 Å². The van der Waals surface area contributed by atoms with Crippen LogP contribution in [0.2, 0.25) is 0 Å². The highest BCUT2D eigenvalue weighted by molar-refractivity contribution is 5.80. The molecule has 0 bridgehead atoms. The Morgan fingerprint density at radius 1 is 1.08 bits per heavy atom. The van der Waals surface area contributed by atoms with Gasteiger partial charge in [0.15, 0.2) is 0 Å². The number of aliphatic carboxylic acids is 1. The average Bonchev–Trinajstić information content (AvgIpc) is 3.02. The van der Waals surface area contributed by atoms with E-state index in [1.807, 2.05) is 48.5 Å². The maximum Gasteiger partial charge on any atom is 0.303 e. The van der Waals surface area contributed by atoms with Crippen molar-refractivity contribution in [2.45, 2.75) is 25.7 Å². The first-order valence-electron chi connectivity index (χ1n) is 8.12. The van der Waals surface area contributed by atoms with Gasteiger partial charge in [0.2, 0.25) is 0 Å². The Bertz CT molecular complexity index is 812. The number of carbonyl (C=O) groups is 1. The summed E-state index contributed by atoms with van der Waals surface area (Å²) >= 11 is 0. The molecule has 2 N–H and O–H groups in total. The second-order valence-electron chi connectivity index (χ2n) is 5.68. The van der Waals surface area contributed by atoms with Crippen LogP contribution in [0.15, 0.2) is 48.5 Å². The Morgan fingerprint density at radius 2 is 1.92 bits per heavy atom. The highest BCUT2D eigenvalue weighted by Crippen LogP contribution is 2.23. The van der Waals surface area contributed by atoms with Gasteiger partial charge in [-0.1, -0.05) is 30.3 Å². The number of hydrogen-bond acceptors (Lipinski definition) is 3. The smallest absolute Gasteiger partial charge is 0.303 e. The van der Waals surface area contributed by atoms with Crippen molar-refractivity contribution >= 4 is 17.0 Å². The number of aromatic amines is 1. The number of carboxylic acids is 1. The number of aromatic nitrogens is 2. The van der Waals surface area contributed by atoms with E-state index in [0.29, 0.717) is 13.0 Å². The molecule has 5 nitrogen and oxygen atoms in total. The molecule has 0 unspecified atom stereocenters. The number of nitrogens with zero attached hydrogens (tertiary/aromatic N) is 1. The first-order chi connectivity index (χ1) is 11.7. The number of H-pyrrole nitrogens is 1. The van der Waals surface area contributed by atoms with Gasteiger partial charge in [0.05, 0.1) is 17.6 Å². The SMILES string of the molecule is O=C(O)CCCCCOc1ccc2nc(-c3ccccc3)[nH]c2c1. The van der Waals surface area contributed by atoms with Gasteiger partial charge in [-0.05, 0) is 31.4 Å². The van der Waals surface area contributed by atoms with Gasteiger partial charge in [0, 0.05) is 18.1 Å². The molecule has 1 aromatic heterocycles. The van der Waals surface area contributed by atoms with E-state index in [0.717, 1.165) is 41.0 Å². The molecule has 3 rings (SSSR count). The Balaban J connectivity index is 1.59. The van der Waals surface area contributed by atoms with E-state index in [-0.39, 0.29) is 6.42 Å². The van der Waals surface area contributed by atoms with Crippen LogP contribution in [0.4, 0.5) is 0 Å². The number of nitrogens with one attached hydrogen (secondary N) is 1. The topological polar surface area (TPSA) is 75.2 Å². The summed E-state index contributed by atoms with van der Waals surface area (Å²) in [7, 11) is 0. The van der Waals surface area contributed by atoms with E-state index in [1.165, 1.54) is 0 Å². The van der Waals surface area contributed by atoms with E-state index < -0.39 is 5.97 Å². The molecule has 3 aromatic rings. The molecule has 5 heteroatoms. The summed E-state index contributed by atoms with van der Waals surface area (Å²) < 4.78 is 5.74. The summed E-state index contributed by atoms with van der Waals surface area (Å²) in [4.78, 5) is 18.4. The van der Waals surface area contributed by atoms with Gasteiger partial charge in [-0.25, -0.2) is 4.98 Å². The van der Waals surface area contributed by atoms with Crippen molar-refractivity contribution in [2.24, 2.45) is 0 Å². The minimum absolute atomic E-state index is 0.225. The predicted molar refractivity (Wildman–Crippen MR) is 93.1 cm³/mol. The molecule has 0 aliphatic heterocycles. The van der Waals surface area contributed by atoms with Crippen LogP contribution in [0.25, 0.3) is 22.4 Å². The molecular formula is C19H20N2O3. The highest BCUT2D eigenvalue weighted by Gasteiger charge is 2.06. The molecule has 124 valence electrons. The fourth-order valence-electron chi connectivity index (χ4n) is 2.56. The molecular weight excluding hydrogens is 304 g/mol. The first kappa shape index (κ1) is 16.1. The third-order valence-corrected chi connectivity index (χ3v) is 3.80. The minimum Gasteiger partial charge on any atom is -0.494 e. The predicted octanol–water partition coefficient (Wildman–Crippen LogP) is 4.25. The zero-order chi connectivity index (χ0) is 16.8. The lowest BCUT2D eigenvalue weighted by Gasteiger charge is -2.05. The Hall–Kier alpha value is -2.82. The fraction of sp³-hybridized carbons (Fsp3) is 0.263. The fourth-order valence-corrected chi connectivity index (χ4v) is 2.56. The minimum atomic E-state index is -0.741. The van der Waals surface area contributed by atoms with Gasteiger partial charge in [-0.2, -0.15) is 0 Å². The number of imidazole rings is 1. The molecule has 0 saturated carbocycles. The molecule has 0 amide bonds. The number of carboxylic acid groups (broad SMARTS) is 1. The van der Waals surface area contributed by atoms with Crippen molar-refractivity contribution in [1.82, 2.24) is 9.97 Å². The number of unbranched alkanes of at least 4 members (excludes halogenated alkanes) is 2. The monoisotopic (exact) mass is 324 g/mol. The van der Waals surface area contributed by atoms with Crippen LogP contribution in [0, 0.1) is 0 Å². The lowest BCUT2D eigenvalue weighted by molar-refractivity contribution is -0.137. The van der Waals surface area contributed by atoms with E-state index in [2.05, 4.69) is 9.97 Å². The van der Waals surface area contributed by atoms with Crippen molar-refractivity contribution in [1.29, 1.82) is 0 Å². The van der Waals surface area contributed by atoms with Crippen molar-refractivity contribution in [3.63, 3.8) is 0 Å². The van der Waals surface area contributed by atoms with E-state index in [1.54, 1.807) is 0 Å². The van der Waals surface area contributed by atoms with Crippen molar-refractivity contribution in [2.75, 3.05) is 6.61 Å². The number of ether oxygens (including phenoxy) is 1. The number of rotatable bonds is 8. The molecule has 0 fully saturated rings. The van der Waals surface area contributed by atoms with Crippen LogP contribution in [0.3, 0.4) is 0 Å². The average molecular weight is 324 g/mol. The summed E-state index contributed by atoms with van der Waals surface area (Å²) in [6, 6.07) is 15.8. The second-order valence-corrected chi connectivity index (χ2v) is 5.68. The normalized spacial score (nSPS) is 10.8. The summed E-state index contributed by atoms with van der Waals surface area (Å²) in [6.45, 7) is 0.588. The molecule has 1 heterocycles. The molecule has 0 spiro atoms. The summed E-state index contributed by atoms with van der Waals surface area (Å²) in [5.74, 6) is 0.898. The summed E-state index contributed by atoms with van der Waals surface area (Å²) in [5.41, 5.74) is 2.90. The van der Waals surface area contributed by atoms with Gasteiger partial charge >= 0.3 is 5.97 Å². The van der Waals surface area contributed by atoms with Crippen molar-refractivity contribution in [3.05, 3.63) is 48.5 Å². The maximum atomic E-state index is 10.4. The van der Waals surface area contributed by atoms with Crippen LogP contribution in [0.5, 0.6) is 5.75 Å². The third-order valence-electron chi connectivity index (χ3n) is 3.80.